The quantitative estimate of drug-likeness (QED) is 0.586. The predicted molar refractivity (Wildman–Crippen MR) is 111 cm³/mol. The van der Waals surface area contributed by atoms with Gasteiger partial charge in [-0.3, -0.25) is 4.79 Å². The summed E-state index contributed by atoms with van der Waals surface area (Å²) < 4.78 is 19.1. The molecule has 150 valence electrons. The Morgan fingerprint density at radius 1 is 1.03 bits per heavy atom. The van der Waals surface area contributed by atoms with Gasteiger partial charge in [0.1, 0.15) is 17.6 Å². The topological polar surface area (TPSA) is 81.0 Å². The fourth-order valence-corrected chi connectivity index (χ4v) is 4.80. The highest BCUT2D eigenvalue weighted by Crippen LogP contribution is 2.55. The van der Waals surface area contributed by atoms with Crippen molar-refractivity contribution in [3.8, 4) is 12.1 Å². The van der Waals surface area contributed by atoms with Crippen LogP contribution in [0.1, 0.15) is 27.6 Å². The highest BCUT2D eigenvalue weighted by molar-refractivity contribution is 6.04. The second-order valence-corrected chi connectivity index (χ2v) is 7.67. The molecule has 2 aliphatic heterocycles. The van der Waals surface area contributed by atoms with Crippen molar-refractivity contribution < 1.29 is 13.6 Å². The van der Waals surface area contributed by atoms with Crippen molar-refractivity contribution >= 4 is 17.5 Å². The summed E-state index contributed by atoms with van der Waals surface area (Å²) >= 11 is 0. The number of nitrogens with zero attached hydrogens (tertiary/aromatic N) is 3. The average Bonchev–Trinajstić information content (AvgIpc) is 3.43. The SMILES string of the molecule is N#CC1(C#N)C(c2ccco2)C(C(=O)c2ccc(F)cc2)N2c3ccccc3C=CC21. The van der Waals surface area contributed by atoms with Gasteiger partial charge in [0.25, 0.3) is 0 Å². The van der Waals surface area contributed by atoms with Crippen molar-refractivity contribution in [2.24, 2.45) is 5.41 Å². The van der Waals surface area contributed by atoms with Gasteiger partial charge in [0.2, 0.25) is 0 Å². The lowest BCUT2D eigenvalue weighted by Gasteiger charge is -2.35. The van der Waals surface area contributed by atoms with Crippen LogP contribution >= 0.6 is 0 Å². The molecule has 6 heteroatoms. The zero-order valence-corrected chi connectivity index (χ0v) is 16.3. The van der Waals surface area contributed by atoms with E-state index in [1.54, 1.807) is 12.1 Å². The van der Waals surface area contributed by atoms with Crippen molar-refractivity contribution in [1.29, 1.82) is 10.5 Å². The molecule has 0 bridgehead atoms. The van der Waals surface area contributed by atoms with Gasteiger partial charge in [-0.1, -0.05) is 30.4 Å². The molecule has 1 saturated heterocycles. The standard InChI is InChI=1S/C25H16FN3O2/c26-18-10-7-17(8-11-18)24(30)23-22(20-6-3-13-31-20)25(14-27,15-28)21-12-9-16-4-1-2-5-19(16)29(21)23/h1-13,21-23H. The average molecular weight is 409 g/mol. The number of halogens is 1. The zero-order valence-electron chi connectivity index (χ0n) is 16.3. The van der Waals surface area contributed by atoms with Crippen molar-refractivity contribution in [1.82, 2.24) is 0 Å². The van der Waals surface area contributed by atoms with Crippen LogP contribution in [0.15, 0.2) is 77.4 Å². The second-order valence-electron chi connectivity index (χ2n) is 7.67. The van der Waals surface area contributed by atoms with E-state index < -0.39 is 29.2 Å². The van der Waals surface area contributed by atoms with Gasteiger partial charge in [-0.25, -0.2) is 4.39 Å². The molecule has 0 N–H and O–H groups in total. The van der Waals surface area contributed by atoms with E-state index in [1.807, 2.05) is 41.3 Å². The number of furan rings is 1. The van der Waals surface area contributed by atoms with Crippen LogP contribution in [0, 0.1) is 33.9 Å². The van der Waals surface area contributed by atoms with E-state index in [-0.39, 0.29) is 5.78 Å². The number of rotatable bonds is 3. The van der Waals surface area contributed by atoms with Gasteiger partial charge in [-0.2, -0.15) is 10.5 Å². The first-order valence-electron chi connectivity index (χ1n) is 9.82. The first kappa shape index (κ1) is 18.8. The summed E-state index contributed by atoms with van der Waals surface area (Å²) in [6.07, 6.45) is 5.15. The van der Waals surface area contributed by atoms with E-state index in [9.17, 15) is 19.7 Å². The van der Waals surface area contributed by atoms with Crippen molar-refractivity contribution in [3.05, 3.63) is 95.7 Å². The number of para-hydroxylation sites is 1. The van der Waals surface area contributed by atoms with E-state index in [1.165, 1.54) is 30.5 Å². The molecule has 0 radical (unpaired) electrons. The maximum Gasteiger partial charge on any atom is 0.186 e. The lowest BCUT2D eigenvalue weighted by molar-refractivity contribution is 0.0946. The molecule has 5 rings (SSSR count). The van der Waals surface area contributed by atoms with Crippen LogP contribution in [0.2, 0.25) is 0 Å². The zero-order chi connectivity index (χ0) is 21.6. The number of hydrogen-bond acceptors (Lipinski definition) is 5. The molecule has 2 aliphatic rings. The number of hydrogen-bond donors (Lipinski definition) is 0. The van der Waals surface area contributed by atoms with E-state index in [2.05, 4.69) is 12.1 Å². The van der Waals surface area contributed by atoms with Crippen molar-refractivity contribution in [2.45, 2.75) is 18.0 Å². The highest BCUT2D eigenvalue weighted by atomic mass is 19.1. The van der Waals surface area contributed by atoms with Gasteiger partial charge in [0.15, 0.2) is 11.2 Å². The minimum Gasteiger partial charge on any atom is -0.469 e. The minimum absolute atomic E-state index is 0.302. The fourth-order valence-electron chi connectivity index (χ4n) is 4.80. The Bertz CT molecular complexity index is 1250. The molecule has 3 aromatic rings. The molecular formula is C25H16FN3O2. The van der Waals surface area contributed by atoms with Gasteiger partial charge in [-0.05, 0) is 48.0 Å². The molecule has 5 nitrogen and oxygen atoms in total. The third kappa shape index (κ3) is 2.62. The monoisotopic (exact) mass is 409 g/mol. The summed E-state index contributed by atoms with van der Waals surface area (Å²) in [7, 11) is 0. The van der Waals surface area contributed by atoms with Crippen molar-refractivity contribution in [3.63, 3.8) is 0 Å². The molecule has 3 heterocycles. The molecule has 31 heavy (non-hydrogen) atoms. The van der Waals surface area contributed by atoms with E-state index >= 15 is 0 Å². The first-order valence-corrected chi connectivity index (χ1v) is 9.82. The van der Waals surface area contributed by atoms with Gasteiger partial charge >= 0.3 is 0 Å². The number of anilines is 1. The Morgan fingerprint density at radius 2 is 1.77 bits per heavy atom. The molecule has 0 amide bonds. The molecule has 0 spiro atoms. The van der Waals surface area contributed by atoms with E-state index in [0.29, 0.717) is 11.3 Å². The predicted octanol–water partition coefficient (Wildman–Crippen LogP) is 4.70. The number of ketones is 1. The molecule has 3 atom stereocenters. The number of fused-ring (bicyclic) bond motifs is 3. The van der Waals surface area contributed by atoms with Gasteiger partial charge in [0.05, 0.1) is 30.4 Å². The summed E-state index contributed by atoms with van der Waals surface area (Å²) in [4.78, 5) is 15.6. The molecule has 3 unspecified atom stereocenters. The van der Waals surface area contributed by atoms with Crippen LogP contribution in [0.3, 0.4) is 0 Å². The maximum atomic E-state index is 13.8. The van der Waals surface area contributed by atoms with Gasteiger partial charge in [-0.15, -0.1) is 0 Å². The van der Waals surface area contributed by atoms with E-state index in [4.69, 9.17) is 4.42 Å². The van der Waals surface area contributed by atoms with Crippen LogP contribution in [-0.4, -0.2) is 17.9 Å². The summed E-state index contributed by atoms with van der Waals surface area (Å²) in [5.41, 5.74) is 0.405. The Balaban J connectivity index is 1.77. The third-order valence-corrected chi connectivity index (χ3v) is 6.16. The number of benzene rings is 2. The van der Waals surface area contributed by atoms with Crippen LogP contribution in [0.25, 0.3) is 6.08 Å². The Kier molecular flexibility index (Phi) is 4.23. The number of carbonyl (C=O) groups is 1. The summed E-state index contributed by atoms with van der Waals surface area (Å²) in [5.74, 6) is -1.19. The van der Waals surface area contributed by atoms with Crippen LogP contribution in [0.4, 0.5) is 10.1 Å². The Hall–Kier alpha value is -4.16. The molecule has 0 saturated carbocycles. The largest absolute Gasteiger partial charge is 0.469 e. The smallest absolute Gasteiger partial charge is 0.186 e. The summed E-state index contributed by atoms with van der Waals surface area (Å²) in [5, 5.41) is 20.5. The number of carbonyl (C=O) groups excluding carboxylic acids is 1. The summed E-state index contributed by atoms with van der Waals surface area (Å²) in [6.45, 7) is 0. The Labute approximate surface area is 178 Å². The highest BCUT2D eigenvalue weighted by Gasteiger charge is 2.64. The fraction of sp³-hybridized carbons (Fsp3) is 0.160. The maximum absolute atomic E-state index is 13.8. The van der Waals surface area contributed by atoms with Crippen LogP contribution < -0.4 is 4.90 Å². The molecule has 2 aromatic carbocycles. The second kappa shape index (κ2) is 6.97. The number of nitriles is 2. The lowest BCUT2D eigenvalue weighted by Crippen LogP contribution is -2.44. The Morgan fingerprint density at radius 3 is 2.45 bits per heavy atom. The first-order chi connectivity index (χ1) is 15.1. The normalized spacial score (nSPS) is 22.8. The van der Waals surface area contributed by atoms with Crippen LogP contribution in [-0.2, 0) is 0 Å². The van der Waals surface area contributed by atoms with Gasteiger partial charge in [0, 0.05) is 11.3 Å². The third-order valence-electron chi connectivity index (χ3n) is 6.16. The lowest BCUT2D eigenvalue weighted by atomic mass is 9.71. The van der Waals surface area contributed by atoms with Crippen LogP contribution in [0.5, 0.6) is 0 Å². The van der Waals surface area contributed by atoms with Crippen molar-refractivity contribution in [2.75, 3.05) is 4.90 Å². The molecule has 0 aliphatic carbocycles. The molecule has 1 aromatic heterocycles. The molecule has 1 fully saturated rings. The molecular weight excluding hydrogens is 393 g/mol. The minimum atomic E-state index is -1.55. The number of Topliss-reactive ketones (excluding diaryl/α,β-unsaturated/α-hetero) is 1. The summed E-state index contributed by atoms with van der Waals surface area (Å²) in [6, 6.07) is 19.1. The van der Waals surface area contributed by atoms with E-state index in [0.717, 1.165) is 11.3 Å². The van der Waals surface area contributed by atoms with Gasteiger partial charge < -0.3 is 9.32 Å².